The van der Waals surface area contributed by atoms with Gasteiger partial charge in [-0.3, -0.25) is 0 Å². The highest BCUT2D eigenvalue weighted by molar-refractivity contribution is 6.16. The maximum Gasteiger partial charge on any atom is 0.164 e. The normalized spacial score (nSPS) is 11.7. The molecule has 5 nitrogen and oxygen atoms in total. The maximum absolute atomic E-state index is 6.65. The fourth-order valence-electron chi connectivity index (χ4n) is 8.03. The van der Waals surface area contributed by atoms with Gasteiger partial charge in [-0.2, -0.15) is 0 Å². The van der Waals surface area contributed by atoms with Crippen LogP contribution in [0, 0.1) is 0 Å². The monoisotopic (exact) mass is 690 g/mol. The SMILES string of the molecule is c1ccc(-c2nc(-c3ccccc3)nc(-c3cccc4c(-c5cc(-n6c7ccccc7c7ccccc76)c6c(c5)oc5ccccc56)cccc34)n2)cc1. The molecule has 0 aliphatic rings. The molecule has 0 saturated carbocycles. The molecule has 5 heteroatoms. The zero-order valence-corrected chi connectivity index (χ0v) is 29.0. The zero-order valence-electron chi connectivity index (χ0n) is 29.0. The molecule has 0 radical (unpaired) electrons. The molecular formula is C49H30N4O. The number of nitrogens with zero attached hydrogens (tertiary/aromatic N) is 4. The van der Waals surface area contributed by atoms with Crippen LogP contribution < -0.4 is 0 Å². The number of benzene rings is 8. The molecule has 11 aromatic rings. The molecule has 0 atom stereocenters. The third kappa shape index (κ3) is 4.76. The second-order valence-corrected chi connectivity index (χ2v) is 13.6. The largest absolute Gasteiger partial charge is 0.456 e. The smallest absolute Gasteiger partial charge is 0.164 e. The number of rotatable bonds is 5. The highest BCUT2D eigenvalue weighted by Gasteiger charge is 2.21. The Morgan fingerprint density at radius 1 is 0.352 bits per heavy atom. The highest BCUT2D eigenvalue weighted by atomic mass is 16.3. The topological polar surface area (TPSA) is 56.7 Å². The molecule has 0 bridgehead atoms. The third-order valence-electron chi connectivity index (χ3n) is 10.5. The molecule has 11 rings (SSSR count). The standard InChI is InChI=1S/C49H30N4O/c1-3-15-31(16-4-1)47-50-48(32-17-5-2-6-18-32)52-49(51-47)39-25-14-23-35-34(22-13-24-36(35)39)33-29-43(46-40-21-9-12-28-44(40)54-45(46)30-33)53-41-26-10-7-19-37(41)38-20-8-11-27-42(38)53/h1-30H. The van der Waals surface area contributed by atoms with Crippen LogP contribution in [0.2, 0.25) is 0 Å². The molecule has 3 aromatic heterocycles. The van der Waals surface area contributed by atoms with E-state index in [0.717, 1.165) is 77.2 Å². The first kappa shape index (κ1) is 30.3. The zero-order chi connectivity index (χ0) is 35.6. The number of hydrogen-bond donors (Lipinski definition) is 0. The number of aromatic nitrogens is 4. The Kier molecular flexibility index (Phi) is 6.79. The highest BCUT2D eigenvalue weighted by Crippen LogP contribution is 2.43. The lowest BCUT2D eigenvalue weighted by molar-refractivity contribution is 0.669. The Balaban J connectivity index is 1.17. The summed E-state index contributed by atoms with van der Waals surface area (Å²) in [6.07, 6.45) is 0. The van der Waals surface area contributed by atoms with E-state index in [0.29, 0.717) is 17.5 Å². The van der Waals surface area contributed by atoms with E-state index in [1.807, 2.05) is 66.7 Å². The maximum atomic E-state index is 6.65. The van der Waals surface area contributed by atoms with Gasteiger partial charge in [0.1, 0.15) is 11.2 Å². The summed E-state index contributed by atoms with van der Waals surface area (Å²) < 4.78 is 9.05. The quantitative estimate of drug-likeness (QED) is 0.180. The summed E-state index contributed by atoms with van der Waals surface area (Å²) in [6.45, 7) is 0. The van der Waals surface area contributed by atoms with Crippen LogP contribution in [0.3, 0.4) is 0 Å². The number of hydrogen-bond acceptors (Lipinski definition) is 4. The summed E-state index contributed by atoms with van der Waals surface area (Å²) >= 11 is 0. The summed E-state index contributed by atoms with van der Waals surface area (Å²) in [7, 11) is 0. The van der Waals surface area contributed by atoms with E-state index < -0.39 is 0 Å². The fraction of sp³-hybridized carbons (Fsp3) is 0. The Labute approximate surface area is 310 Å². The molecule has 0 amide bonds. The number of para-hydroxylation sites is 3. The summed E-state index contributed by atoms with van der Waals surface area (Å²) in [4.78, 5) is 15.1. The van der Waals surface area contributed by atoms with Crippen molar-refractivity contribution in [2.24, 2.45) is 0 Å². The second kappa shape index (κ2) is 12.1. The van der Waals surface area contributed by atoms with Gasteiger partial charge in [0.25, 0.3) is 0 Å². The summed E-state index contributed by atoms with van der Waals surface area (Å²) in [5.41, 5.74) is 10.1. The third-order valence-corrected chi connectivity index (χ3v) is 10.5. The molecule has 8 aromatic carbocycles. The van der Waals surface area contributed by atoms with Gasteiger partial charge >= 0.3 is 0 Å². The minimum Gasteiger partial charge on any atom is -0.456 e. The lowest BCUT2D eigenvalue weighted by Crippen LogP contribution is -2.00. The van der Waals surface area contributed by atoms with Gasteiger partial charge in [0.15, 0.2) is 17.5 Å². The van der Waals surface area contributed by atoms with Crippen molar-refractivity contribution in [1.82, 2.24) is 19.5 Å². The molecule has 0 spiro atoms. The van der Waals surface area contributed by atoms with Gasteiger partial charge in [0.05, 0.1) is 22.1 Å². The summed E-state index contributed by atoms with van der Waals surface area (Å²) in [5, 5.41) is 6.78. The molecule has 3 heterocycles. The molecule has 0 N–H and O–H groups in total. The van der Waals surface area contributed by atoms with Crippen LogP contribution >= 0.6 is 0 Å². The van der Waals surface area contributed by atoms with Gasteiger partial charge in [-0.05, 0) is 52.2 Å². The van der Waals surface area contributed by atoms with E-state index >= 15 is 0 Å². The van der Waals surface area contributed by atoms with Crippen LogP contribution in [0.1, 0.15) is 0 Å². The van der Waals surface area contributed by atoms with Crippen molar-refractivity contribution in [3.63, 3.8) is 0 Å². The molecule has 0 saturated heterocycles. The lowest BCUT2D eigenvalue weighted by Gasteiger charge is -2.15. The lowest BCUT2D eigenvalue weighted by atomic mass is 9.94. The van der Waals surface area contributed by atoms with Gasteiger partial charge in [0, 0.05) is 32.8 Å². The van der Waals surface area contributed by atoms with Gasteiger partial charge < -0.3 is 8.98 Å². The first-order valence-corrected chi connectivity index (χ1v) is 18.1. The Morgan fingerprint density at radius 2 is 0.852 bits per heavy atom. The van der Waals surface area contributed by atoms with E-state index in [1.54, 1.807) is 0 Å². The molecule has 54 heavy (non-hydrogen) atoms. The van der Waals surface area contributed by atoms with Crippen LogP contribution in [-0.2, 0) is 0 Å². The van der Waals surface area contributed by atoms with Crippen LogP contribution in [0.15, 0.2) is 186 Å². The first-order valence-electron chi connectivity index (χ1n) is 18.1. The number of furan rings is 1. The molecule has 0 aliphatic heterocycles. The minimum absolute atomic E-state index is 0.629. The van der Waals surface area contributed by atoms with E-state index in [9.17, 15) is 0 Å². The molecule has 0 fully saturated rings. The second-order valence-electron chi connectivity index (χ2n) is 13.6. The van der Waals surface area contributed by atoms with Gasteiger partial charge in [-0.1, -0.05) is 152 Å². The average molecular weight is 691 g/mol. The van der Waals surface area contributed by atoms with Crippen molar-refractivity contribution in [3.8, 4) is 51.0 Å². The Morgan fingerprint density at radius 3 is 1.50 bits per heavy atom. The fourth-order valence-corrected chi connectivity index (χ4v) is 8.03. The van der Waals surface area contributed by atoms with E-state index in [2.05, 4.69) is 120 Å². The van der Waals surface area contributed by atoms with Crippen LogP contribution in [0.4, 0.5) is 0 Å². The van der Waals surface area contributed by atoms with E-state index in [-0.39, 0.29) is 0 Å². The summed E-state index contributed by atoms with van der Waals surface area (Å²) in [6, 6.07) is 63.3. The van der Waals surface area contributed by atoms with Crippen molar-refractivity contribution in [2.75, 3.05) is 0 Å². The molecule has 0 aliphatic carbocycles. The molecule has 252 valence electrons. The van der Waals surface area contributed by atoms with Crippen molar-refractivity contribution >= 4 is 54.5 Å². The van der Waals surface area contributed by atoms with E-state index in [1.165, 1.54) is 10.8 Å². The van der Waals surface area contributed by atoms with Crippen molar-refractivity contribution < 1.29 is 4.42 Å². The van der Waals surface area contributed by atoms with Gasteiger partial charge in [0.2, 0.25) is 0 Å². The molecule has 0 unspecified atom stereocenters. The Bertz CT molecular complexity index is 3110. The summed E-state index contributed by atoms with van der Waals surface area (Å²) in [5.74, 6) is 1.90. The van der Waals surface area contributed by atoms with Crippen molar-refractivity contribution in [2.45, 2.75) is 0 Å². The average Bonchev–Trinajstić information content (AvgIpc) is 3.79. The van der Waals surface area contributed by atoms with E-state index in [4.69, 9.17) is 19.4 Å². The van der Waals surface area contributed by atoms with Crippen LogP contribution in [0.25, 0.3) is 105 Å². The first-order chi connectivity index (χ1) is 26.8. The van der Waals surface area contributed by atoms with Crippen molar-refractivity contribution in [3.05, 3.63) is 182 Å². The predicted octanol–water partition coefficient (Wildman–Crippen LogP) is 12.7. The predicted molar refractivity (Wildman–Crippen MR) is 221 cm³/mol. The van der Waals surface area contributed by atoms with Crippen LogP contribution in [-0.4, -0.2) is 19.5 Å². The minimum atomic E-state index is 0.629. The van der Waals surface area contributed by atoms with Gasteiger partial charge in [-0.25, -0.2) is 15.0 Å². The van der Waals surface area contributed by atoms with Crippen molar-refractivity contribution in [1.29, 1.82) is 0 Å². The van der Waals surface area contributed by atoms with Crippen LogP contribution in [0.5, 0.6) is 0 Å². The Hall–Kier alpha value is -7.37. The molecular weight excluding hydrogens is 661 g/mol. The van der Waals surface area contributed by atoms with Gasteiger partial charge in [-0.15, -0.1) is 0 Å². The number of fused-ring (bicyclic) bond motifs is 7.